The molecule has 1 aliphatic heterocycles. The number of Topliss-reactive ketones (excluding diaryl/α,β-unsaturated/α-hetero) is 1. The summed E-state index contributed by atoms with van der Waals surface area (Å²) in [5.41, 5.74) is 7.37. The Kier molecular flexibility index (Phi) is 5.63. The van der Waals surface area contributed by atoms with E-state index in [-0.39, 0.29) is 42.0 Å². The molecule has 0 spiro atoms. The Bertz CT molecular complexity index is 938. The van der Waals surface area contributed by atoms with Gasteiger partial charge in [-0.3, -0.25) is 19.3 Å². The van der Waals surface area contributed by atoms with Crippen LogP contribution in [0.5, 0.6) is 11.5 Å². The monoisotopic (exact) mass is 382 g/mol. The number of benzene rings is 2. The fraction of sp³-hybridized carbons (Fsp3) is 0.286. The third-order valence-electron chi connectivity index (χ3n) is 4.57. The minimum absolute atomic E-state index is 0.0269. The van der Waals surface area contributed by atoms with Gasteiger partial charge in [0.15, 0.2) is 11.5 Å². The summed E-state index contributed by atoms with van der Waals surface area (Å²) in [7, 11) is 1.55. The van der Waals surface area contributed by atoms with Crippen molar-refractivity contribution in [2.24, 2.45) is 0 Å². The zero-order valence-corrected chi connectivity index (χ0v) is 15.9. The van der Waals surface area contributed by atoms with Gasteiger partial charge in [0.1, 0.15) is 5.78 Å². The lowest BCUT2D eigenvalue weighted by Gasteiger charge is -2.14. The number of ether oxygens (including phenoxy) is 2. The molecule has 0 aliphatic carbocycles. The summed E-state index contributed by atoms with van der Waals surface area (Å²) >= 11 is 0. The van der Waals surface area contributed by atoms with Crippen LogP contribution in [0.15, 0.2) is 36.4 Å². The standard InChI is InChI=1S/C21H22N2O5/c1-3-28-18-12-13(7-8-17(18)27-2)11-14(24)9-10-23-20(25)15-5-4-6-16(22)19(15)21(23)26/h4-8,12H,3,9-11,22H2,1-2H3. The summed E-state index contributed by atoms with van der Waals surface area (Å²) in [5, 5.41) is 0. The molecule has 1 aliphatic rings. The van der Waals surface area contributed by atoms with E-state index in [2.05, 4.69) is 0 Å². The van der Waals surface area contributed by atoms with Crippen molar-refractivity contribution < 1.29 is 23.9 Å². The van der Waals surface area contributed by atoms with Crippen molar-refractivity contribution in [1.82, 2.24) is 4.90 Å². The molecule has 0 radical (unpaired) electrons. The number of carbonyl (C=O) groups is 3. The molecule has 0 saturated heterocycles. The number of anilines is 1. The van der Waals surface area contributed by atoms with Gasteiger partial charge in [-0.05, 0) is 36.8 Å². The number of rotatable bonds is 8. The molecule has 0 fully saturated rings. The lowest BCUT2D eigenvalue weighted by molar-refractivity contribution is -0.118. The normalized spacial score (nSPS) is 12.9. The van der Waals surface area contributed by atoms with Gasteiger partial charge in [0.05, 0.1) is 24.8 Å². The Hall–Kier alpha value is -3.35. The second-order valence-electron chi connectivity index (χ2n) is 6.42. The molecule has 2 aromatic carbocycles. The number of hydrogen-bond acceptors (Lipinski definition) is 6. The van der Waals surface area contributed by atoms with Crippen LogP contribution < -0.4 is 15.2 Å². The lowest BCUT2D eigenvalue weighted by atomic mass is 10.1. The maximum absolute atomic E-state index is 12.5. The van der Waals surface area contributed by atoms with Gasteiger partial charge in [-0.15, -0.1) is 0 Å². The number of hydrogen-bond donors (Lipinski definition) is 1. The first-order valence-corrected chi connectivity index (χ1v) is 9.02. The topological polar surface area (TPSA) is 98.9 Å². The van der Waals surface area contributed by atoms with E-state index in [1.54, 1.807) is 43.5 Å². The van der Waals surface area contributed by atoms with Crippen molar-refractivity contribution in [3.8, 4) is 11.5 Å². The second kappa shape index (κ2) is 8.12. The summed E-state index contributed by atoms with van der Waals surface area (Å²) in [4.78, 5) is 38.4. The Morgan fingerprint density at radius 1 is 1.11 bits per heavy atom. The highest BCUT2D eigenvalue weighted by molar-refractivity contribution is 6.23. The number of nitrogens with two attached hydrogens (primary N) is 1. The van der Waals surface area contributed by atoms with E-state index >= 15 is 0 Å². The van der Waals surface area contributed by atoms with Crippen LogP contribution in [0, 0.1) is 0 Å². The van der Waals surface area contributed by atoms with Crippen LogP contribution in [0.4, 0.5) is 5.69 Å². The molecule has 0 bridgehead atoms. The van der Waals surface area contributed by atoms with Gasteiger partial charge in [0.2, 0.25) is 0 Å². The van der Waals surface area contributed by atoms with Gasteiger partial charge in [0, 0.05) is 25.1 Å². The summed E-state index contributed by atoms with van der Waals surface area (Å²) in [5.74, 6) is 0.224. The zero-order valence-electron chi connectivity index (χ0n) is 15.9. The molecular formula is C21H22N2O5. The van der Waals surface area contributed by atoms with Crippen molar-refractivity contribution in [1.29, 1.82) is 0 Å². The zero-order chi connectivity index (χ0) is 20.3. The third-order valence-corrected chi connectivity index (χ3v) is 4.57. The Balaban J connectivity index is 1.64. The molecule has 0 aromatic heterocycles. The largest absolute Gasteiger partial charge is 0.493 e. The first kappa shape index (κ1) is 19.4. The third kappa shape index (κ3) is 3.69. The molecule has 2 N–H and O–H groups in total. The van der Waals surface area contributed by atoms with Crippen molar-refractivity contribution >= 4 is 23.3 Å². The smallest absolute Gasteiger partial charge is 0.263 e. The maximum Gasteiger partial charge on any atom is 0.263 e. The fourth-order valence-corrected chi connectivity index (χ4v) is 3.21. The molecule has 28 heavy (non-hydrogen) atoms. The first-order chi connectivity index (χ1) is 13.5. The van der Waals surface area contributed by atoms with Gasteiger partial charge in [-0.25, -0.2) is 0 Å². The molecule has 0 atom stereocenters. The average molecular weight is 382 g/mol. The van der Waals surface area contributed by atoms with Crippen molar-refractivity contribution in [3.63, 3.8) is 0 Å². The van der Waals surface area contributed by atoms with Crippen LogP contribution >= 0.6 is 0 Å². The number of ketones is 1. The van der Waals surface area contributed by atoms with Crippen LogP contribution in [0.2, 0.25) is 0 Å². The van der Waals surface area contributed by atoms with E-state index in [9.17, 15) is 14.4 Å². The molecule has 146 valence electrons. The maximum atomic E-state index is 12.5. The van der Waals surface area contributed by atoms with E-state index < -0.39 is 11.8 Å². The van der Waals surface area contributed by atoms with Gasteiger partial charge in [0.25, 0.3) is 11.8 Å². The molecule has 1 heterocycles. The second-order valence-corrected chi connectivity index (χ2v) is 6.42. The van der Waals surface area contributed by atoms with E-state index in [0.29, 0.717) is 18.1 Å². The number of amides is 2. The highest BCUT2D eigenvalue weighted by atomic mass is 16.5. The van der Waals surface area contributed by atoms with Gasteiger partial charge < -0.3 is 15.2 Å². The SMILES string of the molecule is CCOc1cc(CC(=O)CCN2C(=O)c3cccc(N)c3C2=O)ccc1OC. The fourth-order valence-electron chi connectivity index (χ4n) is 3.21. The minimum Gasteiger partial charge on any atom is -0.493 e. The van der Waals surface area contributed by atoms with E-state index in [0.717, 1.165) is 10.5 Å². The van der Waals surface area contributed by atoms with Crippen molar-refractivity contribution in [2.45, 2.75) is 19.8 Å². The molecule has 7 nitrogen and oxygen atoms in total. The minimum atomic E-state index is -0.450. The molecule has 2 aromatic rings. The Morgan fingerprint density at radius 2 is 1.89 bits per heavy atom. The number of methoxy groups -OCH3 is 1. The lowest BCUT2D eigenvalue weighted by Crippen LogP contribution is -2.32. The molecule has 7 heteroatoms. The van der Waals surface area contributed by atoms with Crippen molar-refractivity contribution in [3.05, 3.63) is 53.1 Å². The summed E-state index contributed by atoms with van der Waals surface area (Å²) < 4.78 is 10.8. The van der Waals surface area contributed by atoms with Crippen LogP contribution in [-0.4, -0.2) is 42.8 Å². The molecule has 0 unspecified atom stereocenters. The Labute approximate surface area is 163 Å². The Morgan fingerprint density at radius 3 is 2.57 bits per heavy atom. The van der Waals surface area contributed by atoms with Crippen LogP contribution in [0.1, 0.15) is 39.6 Å². The average Bonchev–Trinajstić information content (AvgIpc) is 2.92. The predicted octanol–water partition coefficient (Wildman–Crippen LogP) is 2.47. The highest BCUT2D eigenvalue weighted by Gasteiger charge is 2.36. The van der Waals surface area contributed by atoms with E-state index in [4.69, 9.17) is 15.2 Å². The number of carbonyl (C=O) groups excluding carboxylic acids is 3. The van der Waals surface area contributed by atoms with Crippen molar-refractivity contribution in [2.75, 3.05) is 26.0 Å². The summed E-state index contributed by atoms with van der Waals surface area (Å²) in [6.45, 7) is 2.38. The van der Waals surface area contributed by atoms with Gasteiger partial charge in [-0.1, -0.05) is 12.1 Å². The van der Waals surface area contributed by atoms with E-state index in [1.165, 1.54) is 0 Å². The predicted molar refractivity (Wildman–Crippen MR) is 104 cm³/mol. The molecule has 0 saturated carbocycles. The number of fused-ring (bicyclic) bond motifs is 1. The van der Waals surface area contributed by atoms with Crippen LogP contribution in [-0.2, 0) is 11.2 Å². The molecule has 2 amide bonds. The number of imide groups is 1. The molecule has 3 rings (SSSR count). The molecular weight excluding hydrogens is 360 g/mol. The van der Waals surface area contributed by atoms with Gasteiger partial charge >= 0.3 is 0 Å². The highest BCUT2D eigenvalue weighted by Crippen LogP contribution is 2.29. The van der Waals surface area contributed by atoms with Crippen LogP contribution in [0.25, 0.3) is 0 Å². The first-order valence-electron chi connectivity index (χ1n) is 9.02. The van der Waals surface area contributed by atoms with Crippen LogP contribution in [0.3, 0.4) is 0 Å². The quantitative estimate of drug-likeness (QED) is 0.556. The van der Waals surface area contributed by atoms with Gasteiger partial charge in [-0.2, -0.15) is 0 Å². The van der Waals surface area contributed by atoms with E-state index in [1.807, 2.05) is 6.92 Å². The summed E-state index contributed by atoms with van der Waals surface area (Å²) in [6.07, 6.45) is 0.247. The summed E-state index contributed by atoms with van der Waals surface area (Å²) in [6, 6.07) is 10.1. The number of nitrogens with zero attached hydrogens (tertiary/aromatic N) is 1. The number of nitrogen functional groups attached to an aromatic ring is 1.